The number of ether oxygens (including phenoxy) is 1. The fraction of sp³-hybridized carbons (Fsp3) is 0.636. The fourth-order valence-electron chi connectivity index (χ4n) is 5.35. The summed E-state index contributed by atoms with van der Waals surface area (Å²) < 4.78 is 5.91. The van der Waals surface area contributed by atoms with E-state index in [9.17, 15) is 9.59 Å². The lowest BCUT2D eigenvalue weighted by atomic mass is 9.45. The smallest absolute Gasteiger partial charge is 0.338 e. The van der Waals surface area contributed by atoms with E-state index in [-0.39, 0.29) is 18.0 Å². The quantitative estimate of drug-likeness (QED) is 0.766. The van der Waals surface area contributed by atoms with E-state index in [2.05, 4.69) is 20.8 Å². The van der Waals surface area contributed by atoms with Crippen LogP contribution in [-0.4, -0.2) is 29.4 Å². The second kappa shape index (κ2) is 6.40. The van der Waals surface area contributed by atoms with Crippen LogP contribution in [0.3, 0.4) is 0 Å². The highest BCUT2D eigenvalue weighted by atomic mass is 16.5. The summed E-state index contributed by atoms with van der Waals surface area (Å²) in [7, 11) is 0. The molecule has 0 aromatic heterocycles. The van der Waals surface area contributed by atoms with Crippen molar-refractivity contribution in [1.29, 1.82) is 0 Å². The van der Waals surface area contributed by atoms with Gasteiger partial charge in [0.2, 0.25) is 5.91 Å². The van der Waals surface area contributed by atoms with Gasteiger partial charge in [-0.1, -0.05) is 32.9 Å². The zero-order chi connectivity index (χ0) is 18.5. The number of rotatable bonds is 4. The molecule has 1 aromatic rings. The van der Waals surface area contributed by atoms with Crippen molar-refractivity contribution in [3.05, 3.63) is 35.4 Å². The monoisotopic (exact) mass is 355 g/mol. The minimum absolute atomic E-state index is 0.0306. The second-order valence-corrected chi connectivity index (χ2v) is 9.02. The molecule has 0 spiro atoms. The molecule has 3 saturated carbocycles. The largest absolute Gasteiger partial charge is 0.458 e. The van der Waals surface area contributed by atoms with Gasteiger partial charge in [-0.3, -0.25) is 4.79 Å². The van der Waals surface area contributed by atoms with Gasteiger partial charge in [0, 0.05) is 19.5 Å². The summed E-state index contributed by atoms with van der Waals surface area (Å²) in [6.45, 7) is 8.33. The van der Waals surface area contributed by atoms with Crippen LogP contribution in [0.4, 0.5) is 0 Å². The molecule has 4 heteroatoms. The van der Waals surface area contributed by atoms with Crippen molar-refractivity contribution in [2.45, 2.75) is 59.1 Å². The molecular weight excluding hydrogens is 326 g/mol. The summed E-state index contributed by atoms with van der Waals surface area (Å²) in [6, 6.07) is 7.56. The average molecular weight is 355 g/mol. The predicted octanol–water partition coefficient (Wildman–Crippen LogP) is 4.04. The number of carbonyl (C=O) groups excluding carboxylic acids is 2. The van der Waals surface area contributed by atoms with Crippen molar-refractivity contribution in [1.82, 2.24) is 4.90 Å². The van der Waals surface area contributed by atoms with E-state index in [1.165, 1.54) is 6.42 Å². The highest BCUT2D eigenvalue weighted by molar-refractivity contribution is 5.89. The van der Waals surface area contributed by atoms with Gasteiger partial charge in [0.15, 0.2) is 0 Å². The van der Waals surface area contributed by atoms with E-state index >= 15 is 0 Å². The lowest BCUT2D eigenvalue weighted by Crippen LogP contribution is -2.57. The zero-order valence-electron chi connectivity index (χ0n) is 16.0. The molecule has 140 valence electrons. The maximum atomic E-state index is 12.7. The lowest BCUT2D eigenvalue weighted by molar-refractivity contribution is -0.156. The maximum Gasteiger partial charge on any atom is 0.338 e. The first kappa shape index (κ1) is 17.6. The predicted molar refractivity (Wildman–Crippen MR) is 99.5 cm³/mol. The topological polar surface area (TPSA) is 46.6 Å². The van der Waals surface area contributed by atoms with Crippen LogP contribution in [0.1, 0.15) is 62.4 Å². The Balaban J connectivity index is 1.41. The van der Waals surface area contributed by atoms with E-state index in [0.29, 0.717) is 41.7 Å². The molecule has 4 unspecified atom stereocenters. The molecule has 2 bridgehead atoms. The molecule has 0 radical (unpaired) electrons. The Labute approximate surface area is 155 Å². The number of likely N-dealkylation sites (tertiary alicyclic amines) is 1. The number of nitrogens with zero attached hydrogens (tertiary/aromatic N) is 1. The molecule has 1 amide bonds. The minimum Gasteiger partial charge on any atom is -0.458 e. The van der Waals surface area contributed by atoms with Gasteiger partial charge in [0.25, 0.3) is 0 Å². The molecule has 26 heavy (non-hydrogen) atoms. The molecule has 4 nitrogen and oxygen atoms in total. The summed E-state index contributed by atoms with van der Waals surface area (Å²) in [5.41, 5.74) is 1.99. The van der Waals surface area contributed by atoms with Crippen molar-refractivity contribution < 1.29 is 14.3 Å². The lowest BCUT2D eigenvalue weighted by Gasteiger charge is -2.61. The number of hydrogen-bond donors (Lipinski definition) is 0. The van der Waals surface area contributed by atoms with Gasteiger partial charge in [-0.25, -0.2) is 4.79 Å². The van der Waals surface area contributed by atoms with E-state index < -0.39 is 0 Å². The third-order valence-corrected chi connectivity index (χ3v) is 7.25. The van der Waals surface area contributed by atoms with Gasteiger partial charge >= 0.3 is 5.97 Å². The zero-order valence-corrected chi connectivity index (χ0v) is 16.0. The minimum atomic E-state index is -0.226. The van der Waals surface area contributed by atoms with Crippen LogP contribution in [0.25, 0.3) is 0 Å². The number of fused-ring (bicyclic) bond motifs is 2. The van der Waals surface area contributed by atoms with Crippen LogP contribution in [0.15, 0.2) is 24.3 Å². The second-order valence-electron chi connectivity index (χ2n) is 9.02. The summed E-state index contributed by atoms with van der Waals surface area (Å²) in [5, 5.41) is 0. The Kier molecular flexibility index (Phi) is 4.32. The Morgan fingerprint density at radius 2 is 2.12 bits per heavy atom. The first-order chi connectivity index (χ1) is 12.4. The van der Waals surface area contributed by atoms with Crippen molar-refractivity contribution in [2.24, 2.45) is 23.2 Å². The molecule has 5 rings (SSSR count). The van der Waals surface area contributed by atoms with Gasteiger partial charge in [-0.2, -0.15) is 0 Å². The summed E-state index contributed by atoms with van der Waals surface area (Å²) in [4.78, 5) is 26.4. The number of carbonyl (C=O) groups is 2. The van der Waals surface area contributed by atoms with Gasteiger partial charge in [0.1, 0.15) is 6.10 Å². The molecule has 4 fully saturated rings. The first-order valence-corrected chi connectivity index (χ1v) is 9.94. The molecule has 4 atom stereocenters. The van der Waals surface area contributed by atoms with Crippen LogP contribution < -0.4 is 0 Å². The Bertz CT molecular complexity index is 726. The Hall–Kier alpha value is -1.84. The van der Waals surface area contributed by atoms with Crippen LogP contribution in [0.5, 0.6) is 0 Å². The summed E-state index contributed by atoms with van der Waals surface area (Å²) in [6.07, 6.45) is 3.86. The highest BCUT2D eigenvalue weighted by Gasteiger charge is 2.57. The van der Waals surface area contributed by atoms with E-state index in [0.717, 1.165) is 24.9 Å². The van der Waals surface area contributed by atoms with E-state index in [1.807, 2.05) is 29.2 Å². The van der Waals surface area contributed by atoms with Gasteiger partial charge in [0.05, 0.1) is 5.56 Å². The average Bonchev–Trinajstić information content (AvgIpc) is 3.01. The molecular formula is C22H29NO3. The van der Waals surface area contributed by atoms with E-state index in [1.54, 1.807) is 0 Å². The van der Waals surface area contributed by atoms with Gasteiger partial charge < -0.3 is 9.64 Å². The number of amides is 1. The van der Waals surface area contributed by atoms with Crippen molar-refractivity contribution in [2.75, 3.05) is 6.54 Å². The highest BCUT2D eigenvalue weighted by Crippen LogP contribution is 2.61. The molecule has 1 aliphatic heterocycles. The molecule has 3 aliphatic carbocycles. The summed E-state index contributed by atoms with van der Waals surface area (Å²) >= 11 is 0. The standard InChI is InChI=1S/C22H29NO3/c1-14-18-11-17(22(18,2)3)12-19(14)26-21(25)16-7-4-6-15(10-16)13-23-9-5-8-20(23)24/h4,6-7,10,14,17-19H,5,8-9,11-13H2,1-3H3. The number of hydrogen-bond acceptors (Lipinski definition) is 3. The normalized spacial score (nSPS) is 32.3. The van der Waals surface area contributed by atoms with Gasteiger partial charge in [-0.15, -0.1) is 0 Å². The third-order valence-electron chi connectivity index (χ3n) is 7.25. The van der Waals surface area contributed by atoms with Crippen LogP contribution in [0, 0.1) is 23.2 Å². The maximum absolute atomic E-state index is 12.7. The van der Waals surface area contributed by atoms with Crippen LogP contribution >= 0.6 is 0 Å². The van der Waals surface area contributed by atoms with Gasteiger partial charge in [-0.05, 0) is 60.1 Å². The SMILES string of the molecule is CC1C(OC(=O)c2cccc(CN3CCCC3=O)c2)CC2CC1C2(C)C. The number of benzene rings is 1. The van der Waals surface area contributed by atoms with Crippen molar-refractivity contribution in [3.8, 4) is 0 Å². The van der Waals surface area contributed by atoms with Crippen molar-refractivity contribution in [3.63, 3.8) is 0 Å². The van der Waals surface area contributed by atoms with Crippen LogP contribution in [-0.2, 0) is 16.1 Å². The first-order valence-electron chi connectivity index (χ1n) is 9.94. The van der Waals surface area contributed by atoms with Crippen LogP contribution in [0.2, 0.25) is 0 Å². The molecule has 1 heterocycles. The third kappa shape index (κ3) is 2.93. The Morgan fingerprint density at radius 3 is 2.77 bits per heavy atom. The number of esters is 1. The Morgan fingerprint density at radius 1 is 1.31 bits per heavy atom. The molecule has 4 aliphatic rings. The molecule has 0 N–H and O–H groups in total. The molecule has 1 aromatic carbocycles. The van der Waals surface area contributed by atoms with E-state index in [4.69, 9.17) is 4.74 Å². The summed E-state index contributed by atoms with van der Waals surface area (Å²) in [5.74, 6) is 1.73. The fourth-order valence-corrected chi connectivity index (χ4v) is 5.35. The molecule has 1 saturated heterocycles. The van der Waals surface area contributed by atoms with Crippen molar-refractivity contribution >= 4 is 11.9 Å².